The predicted molar refractivity (Wildman–Crippen MR) is 127 cm³/mol. The van der Waals surface area contributed by atoms with Crippen molar-refractivity contribution in [3.8, 4) is 0 Å². The van der Waals surface area contributed by atoms with Gasteiger partial charge in [0.1, 0.15) is 5.69 Å². The summed E-state index contributed by atoms with van der Waals surface area (Å²) < 4.78 is 0. The van der Waals surface area contributed by atoms with Crippen LogP contribution < -0.4 is 10.6 Å². The average molecular weight is 506 g/mol. The molecule has 34 heavy (non-hydrogen) atoms. The Labute approximate surface area is 203 Å². The third-order valence-electron chi connectivity index (χ3n) is 5.65. The standard InChI is InChI=1S/C22H24ClN5O5S/c1-28-5-4-14-18(9-28)34-22(27-14)21(33)26-17(10-29)15(8-19(30)31)25-20(32)16-7-11-6-12(23)2-3-13(11)24-16/h2-3,6-7,15,17,24,29H,4-5,8-10H2,1H3,(H,25,32)(H,26,33)(H,30,31)/t15-,17-/m1/s1. The molecule has 3 heterocycles. The quantitative estimate of drug-likeness (QED) is 0.312. The molecular formula is C22H24ClN5O5S. The van der Waals surface area contributed by atoms with E-state index >= 15 is 0 Å². The maximum Gasteiger partial charge on any atom is 0.305 e. The number of fused-ring (bicyclic) bond motifs is 2. The number of nitrogens with one attached hydrogen (secondary N) is 3. The first-order chi connectivity index (χ1) is 16.2. The molecule has 2 atom stereocenters. The fourth-order valence-corrected chi connectivity index (χ4v) is 5.15. The molecule has 4 rings (SSSR count). The van der Waals surface area contributed by atoms with Crippen molar-refractivity contribution in [2.45, 2.75) is 31.5 Å². The summed E-state index contributed by atoms with van der Waals surface area (Å²) in [6.45, 7) is 0.987. The number of carboxylic acid groups (broad SMARTS) is 1. The first kappa shape index (κ1) is 24.1. The van der Waals surface area contributed by atoms with Gasteiger partial charge in [-0.25, -0.2) is 4.98 Å². The summed E-state index contributed by atoms with van der Waals surface area (Å²) in [5, 5.41) is 26.0. The normalized spacial score (nSPS) is 15.5. The van der Waals surface area contributed by atoms with Gasteiger partial charge in [-0.1, -0.05) is 11.6 Å². The number of aliphatic hydroxyl groups is 1. The van der Waals surface area contributed by atoms with Crippen molar-refractivity contribution in [1.29, 1.82) is 0 Å². The lowest BCUT2D eigenvalue weighted by Gasteiger charge is -2.26. The first-order valence-electron chi connectivity index (χ1n) is 10.6. The van der Waals surface area contributed by atoms with Crippen molar-refractivity contribution in [3.63, 3.8) is 0 Å². The van der Waals surface area contributed by atoms with E-state index in [4.69, 9.17) is 11.6 Å². The number of aromatic nitrogens is 2. The van der Waals surface area contributed by atoms with Crippen molar-refractivity contribution in [3.05, 3.63) is 50.6 Å². The van der Waals surface area contributed by atoms with Gasteiger partial charge in [-0.05, 0) is 31.3 Å². The van der Waals surface area contributed by atoms with Crippen molar-refractivity contribution in [2.75, 3.05) is 20.2 Å². The number of hydrogen-bond donors (Lipinski definition) is 5. The Hall–Kier alpha value is -2.99. The lowest BCUT2D eigenvalue weighted by molar-refractivity contribution is -0.137. The van der Waals surface area contributed by atoms with E-state index in [-0.39, 0.29) is 10.7 Å². The van der Waals surface area contributed by atoms with Gasteiger partial charge in [0.25, 0.3) is 11.8 Å². The number of aliphatic carboxylic acids is 1. The molecule has 0 bridgehead atoms. The highest BCUT2D eigenvalue weighted by molar-refractivity contribution is 7.13. The number of likely N-dealkylation sites (N-methyl/N-ethyl adjacent to an activating group) is 1. The van der Waals surface area contributed by atoms with E-state index < -0.39 is 42.9 Å². The zero-order valence-electron chi connectivity index (χ0n) is 18.3. The van der Waals surface area contributed by atoms with Crippen LogP contribution in [0.1, 0.15) is 37.3 Å². The van der Waals surface area contributed by atoms with Crippen LogP contribution in [0.2, 0.25) is 5.02 Å². The number of rotatable bonds is 8. The van der Waals surface area contributed by atoms with Crippen LogP contribution in [0.3, 0.4) is 0 Å². The Balaban J connectivity index is 1.49. The minimum atomic E-state index is -1.19. The predicted octanol–water partition coefficient (Wildman–Crippen LogP) is 1.63. The van der Waals surface area contributed by atoms with Crippen molar-refractivity contribution < 1.29 is 24.6 Å². The number of hydrogen-bond acceptors (Lipinski definition) is 7. The Kier molecular flexibility index (Phi) is 7.17. The van der Waals surface area contributed by atoms with Crippen LogP contribution in [0.5, 0.6) is 0 Å². The maximum atomic E-state index is 12.9. The smallest absolute Gasteiger partial charge is 0.305 e. The number of benzene rings is 1. The van der Waals surface area contributed by atoms with Crippen LogP contribution in [0.25, 0.3) is 10.9 Å². The Bertz CT molecular complexity index is 1240. The molecule has 5 N–H and O–H groups in total. The molecule has 0 unspecified atom stereocenters. The molecule has 0 spiro atoms. The third-order valence-corrected chi connectivity index (χ3v) is 6.97. The molecule has 1 aromatic carbocycles. The molecule has 10 nitrogen and oxygen atoms in total. The summed E-state index contributed by atoms with van der Waals surface area (Å²) in [5.74, 6) is -2.28. The van der Waals surface area contributed by atoms with E-state index in [2.05, 4.69) is 25.5 Å². The highest BCUT2D eigenvalue weighted by Gasteiger charge is 2.29. The fourth-order valence-electron chi connectivity index (χ4n) is 3.88. The molecule has 0 saturated carbocycles. The van der Waals surface area contributed by atoms with Gasteiger partial charge in [0.05, 0.1) is 30.8 Å². The van der Waals surface area contributed by atoms with Crippen molar-refractivity contribution in [1.82, 2.24) is 25.5 Å². The Morgan fingerprint density at radius 3 is 2.74 bits per heavy atom. The number of amides is 2. The molecule has 0 aliphatic carbocycles. The lowest BCUT2D eigenvalue weighted by atomic mass is 10.0. The molecule has 0 radical (unpaired) electrons. The zero-order chi connectivity index (χ0) is 24.4. The molecule has 0 fully saturated rings. The number of carbonyl (C=O) groups is 3. The SMILES string of the molecule is CN1CCc2nc(C(=O)N[C@H](CO)[C@@H](CC(=O)O)NC(=O)c3cc4cc(Cl)ccc4[nH]3)sc2C1. The highest BCUT2D eigenvalue weighted by atomic mass is 35.5. The largest absolute Gasteiger partial charge is 0.481 e. The number of aromatic amines is 1. The van der Waals surface area contributed by atoms with E-state index in [1.807, 2.05) is 7.05 Å². The highest BCUT2D eigenvalue weighted by Crippen LogP contribution is 2.25. The van der Waals surface area contributed by atoms with Gasteiger partial charge >= 0.3 is 5.97 Å². The second-order valence-electron chi connectivity index (χ2n) is 8.23. The van der Waals surface area contributed by atoms with E-state index in [0.717, 1.165) is 28.9 Å². The van der Waals surface area contributed by atoms with Gasteiger partial charge < -0.3 is 30.7 Å². The van der Waals surface area contributed by atoms with Crippen molar-refractivity contribution in [2.24, 2.45) is 0 Å². The number of carboxylic acids is 1. The van der Waals surface area contributed by atoms with Gasteiger partial charge in [-0.15, -0.1) is 11.3 Å². The van der Waals surface area contributed by atoms with Gasteiger partial charge in [0.15, 0.2) is 5.01 Å². The monoisotopic (exact) mass is 505 g/mol. The topological polar surface area (TPSA) is 148 Å². The summed E-state index contributed by atoms with van der Waals surface area (Å²) in [7, 11) is 1.99. The molecular weight excluding hydrogens is 482 g/mol. The summed E-state index contributed by atoms with van der Waals surface area (Å²) in [6, 6.07) is 4.61. The summed E-state index contributed by atoms with van der Waals surface area (Å²) in [5.41, 5.74) is 1.77. The van der Waals surface area contributed by atoms with Crippen LogP contribution in [-0.2, 0) is 17.8 Å². The van der Waals surface area contributed by atoms with Crippen LogP contribution in [0.15, 0.2) is 24.3 Å². The molecule has 2 aromatic heterocycles. The number of halogens is 1. The lowest BCUT2D eigenvalue weighted by Crippen LogP contribution is -2.54. The number of H-pyrrole nitrogens is 1. The first-order valence-corrected chi connectivity index (χ1v) is 11.8. The van der Waals surface area contributed by atoms with Crippen LogP contribution in [-0.4, -0.2) is 75.1 Å². The third kappa shape index (κ3) is 5.39. The second kappa shape index (κ2) is 10.1. The molecule has 12 heteroatoms. The molecule has 1 aliphatic rings. The fraction of sp³-hybridized carbons (Fsp3) is 0.364. The Morgan fingerprint density at radius 2 is 2.00 bits per heavy atom. The van der Waals surface area contributed by atoms with Crippen molar-refractivity contribution >= 4 is 51.6 Å². The van der Waals surface area contributed by atoms with E-state index in [1.165, 1.54) is 11.3 Å². The van der Waals surface area contributed by atoms with E-state index in [9.17, 15) is 24.6 Å². The number of nitrogens with zero attached hydrogens (tertiary/aromatic N) is 2. The summed E-state index contributed by atoms with van der Waals surface area (Å²) in [6.07, 6.45) is 0.245. The number of carbonyl (C=O) groups excluding carboxylic acids is 2. The van der Waals surface area contributed by atoms with E-state index in [0.29, 0.717) is 17.1 Å². The zero-order valence-corrected chi connectivity index (χ0v) is 19.9. The Morgan fingerprint density at radius 1 is 1.24 bits per heavy atom. The number of thiazole rings is 1. The summed E-state index contributed by atoms with van der Waals surface area (Å²) in [4.78, 5) is 47.7. The molecule has 180 valence electrons. The van der Waals surface area contributed by atoms with Crippen LogP contribution in [0.4, 0.5) is 0 Å². The number of aliphatic hydroxyl groups excluding tert-OH is 1. The minimum Gasteiger partial charge on any atom is -0.481 e. The minimum absolute atomic E-state index is 0.201. The second-order valence-corrected chi connectivity index (χ2v) is 9.75. The van der Waals surface area contributed by atoms with Gasteiger partial charge in [0.2, 0.25) is 0 Å². The molecule has 0 saturated heterocycles. The molecule has 2 amide bonds. The average Bonchev–Trinajstić information content (AvgIpc) is 3.40. The maximum absolute atomic E-state index is 12.9. The van der Waals surface area contributed by atoms with E-state index in [1.54, 1.807) is 24.3 Å². The van der Waals surface area contributed by atoms with Gasteiger partial charge in [-0.3, -0.25) is 14.4 Å². The van der Waals surface area contributed by atoms with Crippen LogP contribution in [0, 0.1) is 0 Å². The van der Waals surface area contributed by atoms with Crippen LogP contribution >= 0.6 is 22.9 Å². The van der Waals surface area contributed by atoms with Gasteiger partial charge in [0, 0.05) is 40.3 Å². The molecule has 1 aliphatic heterocycles. The summed E-state index contributed by atoms with van der Waals surface area (Å²) >= 11 is 7.27. The molecule has 3 aromatic rings. The van der Waals surface area contributed by atoms with Gasteiger partial charge in [-0.2, -0.15) is 0 Å².